The van der Waals surface area contributed by atoms with Gasteiger partial charge in [-0.2, -0.15) is 8.42 Å². The van der Waals surface area contributed by atoms with E-state index in [1.54, 1.807) is 12.1 Å². The monoisotopic (exact) mass is 224 g/mol. The van der Waals surface area contributed by atoms with Gasteiger partial charge < -0.3 is 4.74 Å². The zero-order chi connectivity index (χ0) is 11.0. The van der Waals surface area contributed by atoms with Gasteiger partial charge in [-0.3, -0.25) is 0 Å². The number of esters is 1. The van der Waals surface area contributed by atoms with Crippen molar-refractivity contribution in [2.45, 2.75) is 13.3 Å². The highest BCUT2D eigenvalue weighted by molar-refractivity contribution is 7.74. The van der Waals surface area contributed by atoms with Crippen LogP contribution in [-0.4, -0.2) is 19.3 Å². The Hall–Kier alpha value is -1.62. The van der Waals surface area contributed by atoms with Crippen LogP contribution in [-0.2, 0) is 21.5 Å². The van der Waals surface area contributed by atoms with E-state index in [9.17, 15) is 13.2 Å². The molecular formula is C10H8O4S. The van der Waals surface area contributed by atoms with Gasteiger partial charge in [0.25, 0.3) is 0 Å². The number of carbonyl (C=O) groups is 1. The normalized spacial score (nSPS) is 14.5. The quantitative estimate of drug-likeness (QED) is 0.366. The number of benzene rings is 1. The topological polar surface area (TPSA) is 60.4 Å². The summed E-state index contributed by atoms with van der Waals surface area (Å²) in [5, 5.41) is 0. The number of aryl methyl sites for hydroxylation is 1. The van der Waals surface area contributed by atoms with E-state index in [1.807, 2.05) is 13.0 Å². The van der Waals surface area contributed by atoms with Gasteiger partial charge >= 0.3 is 5.97 Å². The van der Waals surface area contributed by atoms with E-state index in [0.717, 1.165) is 11.1 Å². The van der Waals surface area contributed by atoms with Crippen molar-refractivity contribution >= 4 is 21.1 Å². The van der Waals surface area contributed by atoms with Gasteiger partial charge in [0.15, 0.2) is 4.86 Å². The molecule has 0 saturated carbocycles. The van der Waals surface area contributed by atoms with Crippen molar-refractivity contribution in [2.75, 3.05) is 0 Å². The average molecular weight is 224 g/mol. The van der Waals surface area contributed by atoms with Crippen molar-refractivity contribution in [3.05, 3.63) is 29.3 Å². The summed E-state index contributed by atoms with van der Waals surface area (Å²) in [6.07, 6.45) is 0.116. The Balaban J connectivity index is 2.57. The molecule has 0 spiro atoms. The molecular weight excluding hydrogens is 216 g/mol. The van der Waals surface area contributed by atoms with Gasteiger partial charge in [-0.25, -0.2) is 4.79 Å². The molecule has 0 atom stereocenters. The molecule has 2 rings (SSSR count). The molecule has 0 bridgehead atoms. The predicted octanol–water partition coefficient (Wildman–Crippen LogP) is 0.508. The van der Waals surface area contributed by atoms with Crippen LogP contribution in [0.4, 0.5) is 0 Å². The number of carbonyl (C=O) groups excluding carboxylic acids is 1. The lowest BCUT2D eigenvalue weighted by Crippen LogP contribution is -2.28. The van der Waals surface area contributed by atoms with Gasteiger partial charge in [0.1, 0.15) is 5.75 Å². The standard InChI is InChI=1S/C10H8O4S/c1-6-2-3-7-5-9(15(12)13)10(11)14-8(7)4-6/h2-4H,5H2,1H3. The highest BCUT2D eigenvalue weighted by atomic mass is 32.2. The summed E-state index contributed by atoms with van der Waals surface area (Å²) in [5.74, 6) is -0.323. The minimum atomic E-state index is -2.50. The third-order valence-corrected chi connectivity index (χ3v) is 2.92. The number of rotatable bonds is 0. The minimum absolute atomic E-state index is 0.116. The summed E-state index contributed by atoms with van der Waals surface area (Å²) in [5.41, 5.74) is 1.69. The van der Waals surface area contributed by atoms with Crippen LogP contribution in [0.1, 0.15) is 11.1 Å². The van der Waals surface area contributed by atoms with Crippen LogP contribution in [0.3, 0.4) is 0 Å². The highest BCUT2D eigenvalue weighted by Gasteiger charge is 2.25. The second-order valence-electron chi connectivity index (χ2n) is 3.34. The molecule has 15 heavy (non-hydrogen) atoms. The molecule has 1 heterocycles. The Kier molecular flexibility index (Phi) is 2.32. The molecule has 0 unspecified atom stereocenters. The largest absolute Gasteiger partial charge is 0.422 e. The third-order valence-electron chi connectivity index (χ3n) is 2.21. The fourth-order valence-corrected chi connectivity index (χ4v) is 1.88. The molecule has 4 nitrogen and oxygen atoms in total. The average Bonchev–Trinajstić information content (AvgIpc) is 2.15. The van der Waals surface area contributed by atoms with Gasteiger partial charge in [0.05, 0.1) is 0 Å². The van der Waals surface area contributed by atoms with Crippen molar-refractivity contribution in [1.29, 1.82) is 0 Å². The van der Waals surface area contributed by atoms with E-state index in [0.29, 0.717) is 5.75 Å². The highest BCUT2D eigenvalue weighted by Crippen LogP contribution is 2.24. The Morgan fingerprint density at radius 2 is 2.07 bits per heavy atom. The van der Waals surface area contributed by atoms with Gasteiger partial charge in [0, 0.05) is 12.0 Å². The van der Waals surface area contributed by atoms with E-state index in [1.165, 1.54) is 0 Å². The molecule has 1 aliphatic rings. The van der Waals surface area contributed by atoms with E-state index >= 15 is 0 Å². The fraction of sp³-hybridized carbons (Fsp3) is 0.200. The number of ether oxygens (including phenoxy) is 1. The fourth-order valence-electron chi connectivity index (χ4n) is 1.43. The van der Waals surface area contributed by atoms with Crippen molar-refractivity contribution < 1.29 is 17.9 Å². The van der Waals surface area contributed by atoms with Crippen LogP contribution in [0.2, 0.25) is 0 Å². The molecule has 0 radical (unpaired) electrons. The van der Waals surface area contributed by atoms with Crippen molar-refractivity contribution in [2.24, 2.45) is 0 Å². The lowest BCUT2D eigenvalue weighted by atomic mass is 10.0. The summed E-state index contributed by atoms with van der Waals surface area (Å²) in [4.78, 5) is 11.0. The number of hydrogen-bond acceptors (Lipinski definition) is 4. The maximum atomic E-state index is 11.3. The molecule has 0 saturated heterocycles. The summed E-state index contributed by atoms with van der Waals surface area (Å²) >= 11 is 0. The molecule has 1 aliphatic heterocycles. The SMILES string of the molecule is Cc1ccc2c(c1)OC(=O)C(=S(=O)=O)C2. The van der Waals surface area contributed by atoms with E-state index < -0.39 is 16.3 Å². The first kappa shape index (κ1) is 9.92. The van der Waals surface area contributed by atoms with Crippen molar-refractivity contribution in [3.63, 3.8) is 0 Å². The van der Waals surface area contributed by atoms with Crippen LogP contribution in [0.5, 0.6) is 5.75 Å². The molecule has 5 heteroatoms. The Labute approximate surface area is 88.0 Å². The third kappa shape index (κ3) is 1.78. The smallest absolute Gasteiger partial charge is 0.355 e. The second-order valence-corrected chi connectivity index (χ2v) is 4.30. The number of fused-ring (bicyclic) bond motifs is 1. The second kappa shape index (κ2) is 3.51. The summed E-state index contributed by atoms with van der Waals surface area (Å²) in [6.45, 7) is 1.87. The van der Waals surface area contributed by atoms with Crippen molar-refractivity contribution in [3.8, 4) is 5.75 Å². The van der Waals surface area contributed by atoms with E-state index in [4.69, 9.17) is 4.74 Å². The molecule has 0 amide bonds. The molecule has 0 aliphatic carbocycles. The molecule has 0 N–H and O–H groups in total. The first-order chi connectivity index (χ1) is 7.08. The summed E-state index contributed by atoms with van der Waals surface area (Å²) in [6, 6.07) is 5.34. The molecule has 78 valence electrons. The van der Waals surface area contributed by atoms with E-state index in [2.05, 4.69) is 0 Å². The molecule has 0 aromatic heterocycles. The first-order valence-electron chi connectivity index (χ1n) is 4.34. The van der Waals surface area contributed by atoms with Crippen LogP contribution in [0, 0.1) is 6.92 Å². The predicted molar refractivity (Wildman–Crippen MR) is 54.4 cm³/mol. The Bertz CT molecular complexity index is 561. The maximum absolute atomic E-state index is 11.3. The Morgan fingerprint density at radius 3 is 2.73 bits per heavy atom. The summed E-state index contributed by atoms with van der Waals surface area (Å²) in [7, 11) is -2.50. The van der Waals surface area contributed by atoms with Crippen LogP contribution in [0.25, 0.3) is 0 Å². The molecule has 1 aromatic rings. The van der Waals surface area contributed by atoms with Gasteiger partial charge in [-0.15, -0.1) is 0 Å². The molecule has 1 aromatic carbocycles. The van der Waals surface area contributed by atoms with Crippen LogP contribution in [0.15, 0.2) is 18.2 Å². The molecule has 0 fully saturated rings. The summed E-state index contributed by atoms with van der Waals surface area (Å²) < 4.78 is 26.3. The van der Waals surface area contributed by atoms with Crippen LogP contribution < -0.4 is 4.74 Å². The number of hydrogen-bond donors (Lipinski definition) is 0. The van der Waals surface area contributed by atoms with E-state index in [-0.39, 0.29) is 11.3 Å². The zero-order valence-corrected chi connectivity index (χ0v) is 8.80. The lowest BCUT2D eigenvalue weighted by molar-refractivity contribution is -0.127. The van der Waals surface area contributed by atoms with Crippen molar-refractivity contribution in [1.82, 2.24) is 0 Å². The zero-order valence-electron chi connectivity index (χ0n) is 7.98. The first-order valence-corrected chi connectivity index (χ1v) is 5.42. The minimum Gasteiger partial charge on any atom is -0.422 e. The van der Waals surface area contributed by atoms with Gasteiger partial charge in [-0.05, 0) is 18.6 Å². The van der Waals surface area contributed by atoms with Crippen LogP contribution >= 0.6 is 0 Å². The van der Waals surface area contributed by atoms with Gasteiger partial charge in [-0.1, -0.05) is 12.1 Å². The lowest BCUT2D eigenvalue weighted by Gasteiger charge is -2.15. The maximum Gasteiger partial charge on any atom is 0.355 e. The Morgan fingerprint density at radius 1 is 1.33 bits per heavy atom. The van der Waals surface area contributed by atoms with Gasteiger partial charge in [0.2, 0.25) is 10.3 Å².